The number of cyclic esters (lactones) is 1. The van der Waals surface area contributed by atoms with Gasteiger partial charge in [0.25, 0.3) is 0 Å². The van der Waals surface area contributed by atoms with Crippen LogP contribution in [0.2, 0.25) is 0 Å². The number of carbonyl (C=O) groups excluding carboxylic acids is 2. The maximum absolute atomic E-state index is 13.7. The molecule has 188 valence electrons. The molecular weight excluding hydrogens is 454 g/mol. The van der Waals surface area contributed by atoms with Crippen LogP contribution in [0.5, 0.6) is 11.5 Å². The zero-order valence-corrected chi connectivity index (χ0v) is 21.1. The van der Waals surface area contributed by atoms with Crippen molar-refractivity contribution >= 4 is 12.0 Å². The van der Waals surface area contributed by atoms with E-state index in [9.17, 15) is 9.59 Å². The third kappa shape index (κ3) is 6.06. The van der Waals surface area contributed by atoms with Gasteiger partial charge in [-0.15, -0.1) is 0 Å². The van der Waals surface area contributed by atoms with Gasteiger partial charge in [-0.1, -0.05) is 80.6 Å². The Morgan fingerprint density at radius 1 is 0.944 bits per heavy atom. The van der Waals surface area contributed by atoms with Gasteiger partial charge in [0.05, 0.1) is 13.2 Å². The lowest BCUT2D eigenvalue weighted by molar-refractivity contribution is -0.134. The Morgan fingerprint density at radius 2 is 1.61 bits per heavy atom. The van der Waals surface area contributed by atoms with E-state index in [1.807, 2.05) is 92.7 Å². The number of rotatable bonds is 10. The van der Waals surface area contributed by atoms with Gasteiger partial charge in [-0.25, -0.2) is 9.69 Å². The fourth-order valence-corrected chi connectivity index (χ4v) is 4.50. The first-order valence-electron chi connectivity index (χ1n) is 12.3. The largest absolute Gasteiger partial charge is 0.493 e. The molecule has 0 saturated carbocycles. The summed E-state index contributed by atoms with van der Waals surface area (Å²) in [6, 6.07) is 25.2. The molecule has 0 aromatic heterocycles. The van der Waals surface area contributed by atoms with Gasteiger partial charge in [0.1, 0.15) is 13.2 Å². The molecule has 1 fully saturated rings. The van der Waals surface area contributed by atoms with Gasteiger partial charge in [-0.3, -0.25) is 4.79 Å². The Labute approximate surface area is 212 Å². The minimum absolute atomic E-state index is 0.0269. The summed E-state index contributed by atoms with van der Waals surface area (Å²) < 4.78 is 16.9. The van der Waals surface area contributed by atoms with Crippen molar-refractivity contribution in [3.8, 4) is 11.5 Å². The molecule has 0 N–H and O–H groups in total. The smallest absolute Gasteiger partial charge is 0.416 e. The van der Waals surface area contributed by atoms with Gasteiger partial charge in [-0.05, 0) is 47.6 Å². The van der Waals surface area contributed by atoms with E-state index in [4.69, 9.17) is 14.2 Å². The average molecular weight is 488 g/mol. The summed E-state index contributed by atoms with van der Waals surface area (Å²) >= 11 is 0. The van der Waals surface area contributed by atoms with Crippen molar-refractivity contribution in [1.29, 1.82) is 0 Å². The standard InChI is InChI=1S/C30H33NO5/c1-21(2)26(29(32)31-25(20-36-30(31)33)16-22-10-6-4-7-11-22)17-24-14-15-27(34-3)28(18-24)35-19-23-12-8-5-9-13-23/h4-15,18,21,25-26H,16-17,19-20H2,1-3H3/t25-,26-/m1/s1. The van der Waals surface area contributed by atoms with Crippen LogP contribution in [0.15, 0.2) is 78.9 Å². The third-order valence-corrected chi connectivity index (χ3v) is 6.56. The van der Waals surface area contributed by atoms with Crippen LogP contribution in [0, 0.1) is 11.8 Å². The van der Waals surface area contributed by atoms with E-state index >= 15 is 0 Å². The van der Waals surface area contributed by atoms with E-state index in [1.54, 1.807) is 7.11 Å². The first-order chi connectivity index (χ1) is 17.5. The third-order valence-electron chi connectivity index (χ3n) is 6.56. The summed E-state index contributed by atoms with van der Waals surface area (Å²) in [4.78, 5) is 27.6. The molecule has 4 rings (SSSR count). The highest BCUT2D eigenvalue weighted by Crippen LogP contribution is 2.32. The van der Waals surface area contributed by atoms with E-state index in [0.29, 0.717) is 30.9 Å². The number of hydrogen-bond acceptors (Lipinski definition) is 5. The van der Waals surface area contributed by atoms with E-state index < -0.39 is 6.09 Å². The van der Waals surface area contributed by atoms with Crippen LogP contribution in [0.1, 0.15) is 30.5 Å². The first-order valence-corrected chi connectivity index (χ1v) is 12.3. The second-order valence-corrected chi connectivity index (χ2v) is 9.44. The van der Waals surface area contributed by atoms with E-state index in [-0.39, 0.29) is 30.4 Å². The SMILES string of the molecule is COc1ccc(C[C@@H](C(=O)N2C(=O)OC[C@H]2Cc2ccccc2)C(C)C)cc1OCc1ccccc1. The highest BCUT2D eigenvalue weighted by Gasteiger charge is 2.41. The second kappa shape index (κ2) is 11.8. The van der Waals surface area contributed by atoms with Crippen molar-refractivity contribution in [1.82, 2.24) is 4.90 Å². The van der Waals surface area contributed by atoms with E-state index in [0.717, 1.165) is 16.7 Å². The lowest BCUT2D eigenvalue weighted by atomic mass is 9.87. The monoisotopic (exact) mass is 487 g/mol. The fraction of sp³-hybridized carbons (Fsp3) is 0.333. The first kappa shape index (κ1) is 25.3. The molecule has 6 heteroatoms. The number of carbonyl (C=O) groups is 2. The van der Waals surface area contributed by atoms with Crippen molar-refractivity contribution in [3.63, 3.8) is 0 Å². The van der Waals surface area contributed by atoms with Gasteiger partial charge in [-0.2, -0.15) is 0 Å². The summed E-state index contributed by atoms with van der Waals surface area (Å²) in [6.07, 6.45) is 0.487. The topological polar surface area (TPSA) is 65.1 Å². The molecule has 6 nitrogen and oxygen atoms in total. The van der Waals surface area contributed by atoms with Crippen LogP contribution in [0.4, 0.5) is 4.79 Å². The Morgan fingerprint density at radius 3 is 2.25 bits per heavy atom. The van der Waals surface area contributed by atoms with Crippen molar-refractivity contribution in [3.05, 3.63) is 95.6 Å². The Hall–Kier alpha value is -3.80. The minimum Gasteiger partial charge on any atom is -0.493 e. The lowest BCUT2D eigenvalue weighted by Crippen LogP contribution is -2.45. The van der Waals surface area contributed by atoms with Crippen LogP contribution >= 0.6 is 0 Å². The number of benzene rings is 3. The summed E-state index contributed by atoms with van der Waals surface area (Å²) in [7, 11) is 1.61. The predicted octanol–water partition coefficient (Wildman–Crippen LogP) is 5.68. The minimum atomic E-state index is -0.562. The second-order valence-electron chi connectivity index (χ2n) is 9.44. The molecule has 0 spiro atoms. The Bertz CT molecular complexity index is 1160. The number of amides is 2. The molecule has 0 unspecified atom stereocenters. The molecule has 36 heavy (non-hydrogen) atoms. The molecule has 2 atom stereocenters. The molecule has 3 aromatic carbocycles. The molecule has 3 aromatic rings. The van der Waals surface area contributed by atoms with Gasteiger partial charge in [0.15, 0.2) is 11.5 Å². The van der Waals surface area contributed by atoms with Crippen molar-refractivity contribution < 1.29 is 23.8 Å². The van der Waals surface area contributed by atoms with Crippen LogP contribution in [-0.2, 0) is 29.0 Å². The van der Waals surface area contributed by atoms with Crippen LogP contribution in [0.25, 0.3) is 0 Å². The zero-order chi connectivity index (χ0) is 25.5. The summed E-state index contributed by atoms with van der Waals surface area (Å²) in [5.41, 5.74) is 3.06. The van der Waals surface area contributed by atoms with E-state index in [2.05, 4.69) is 0 Å². The van der Waals surface area contributed by atoms with Gasteiger partial charge < -0.3 is 14.2 Å². The quantitative estimate of drug-likeness (QED) is 0.368. The molecule has 1 heterocycles. The maximum atomic E-state index is 13.7. The van der Waals surface area contributed by atoms with Crippen molar-refractivity contribution in [2.45, 2.75) is 39.3 Å². The Kier molecular flexibility index (Phi) is 8.26. The highest BCUT2D eigenvalue weighted by atomic mass is 16.6. The Balaban J connectivity index is 1.51. The molecular formula is C30H33NO5. The number of ether oxygens (including phenoxy) is 3. The van der Waals surface area contributed by atoms with Crippen LogP contribution < -0.4 is 9.47 Å². The van der Waals surface area contributed by atoms with Gasteiger partial charge in [0, 0.05) is 5.92 Å². The summed E-state index contributed by atoms with van der Waals surface area (Å²) in [6.45, 7) is 4.64. The lowest BCUT2D eigenvalue weighted by Gasteiger charge is -2.27. The molecule has 1 saturated heterocycles. The fourth-order valence-electron chi connectivity index (χ4n) is 4.50. The van der Waals surface area contributed by atoms with Crippen LogP contribution in [0.3, 0.4) is 0 Å². The van der Waals surface area contributed by atoms with Gasteiger partial charge >= 0.3 is 6.09 Å². The normalized spacial score (nSPS) is 16.1. The summed E-state index contributed by atoms with van der Waals surface area (Å²) in [5.74, 6) is 0.698. The number of methoxy groups -OCH3 is 1. The van der Waals surface area contributed by atoms with E-state index in [1.165, 1.54) is 4.90 Å². The molecule has 0 bridgehead atoms. The van der Waals surface area contributed by atoms with Crippen LogP contribution in [-0.4, -0.2) is 36.7 Å². The number of nitrogens with zero attached hydrogens (tertiary/aromatic N) is 1. The molecule has 1 aliphatic rings. The number of imide groups is 1. The van der Waals surface area contributed by atoms with Gasteiger partial charge in [0.2, 0.25) is 5.91 Å². The number of hydrogen-bond donors (Lipinski definition) is 0. The molecule has 2 amide bonds. The summed E-state index contributed by atoms with van der Waals surface area (Å²) in [5, 5.41) is 0. The predicted molar refractivity (Wildman–Crippen MR) is 138 cm³/mol. The zero-order valence-electron chi connectivity index (χ0n) is 21.1. The molecule has 0 aliphatic carbocycles. The van der Waals surface area contributed by atoms with Crippen molar-refractivity contribution in [2.24, 2.45) is 11.8 Å². The highest BCUT2D eigenvalue weighted by molar-refractivity contribution is 5.95. The van der Waals surface area contributed by atoms with Crippen molar-refractivity contribution in [2.75, 3.05) is 13.7 Å². The molecule has 1 aliphatic heterocycles. The molecule has 0 radical (unpaired) electrons. The maximum Gasteiger partial charge on any atom is 0.416 e. The average Bonchev–Trinajstić information content (AvgIpc) is 3.26.